The summed E-state index contributed by atoms with van der Waals surface area (Å²) in [6.45, 7) is 7.64. The van der Waals surface area contributed by atoms with Crippen molar-refractivity contribution in [2.24, 2.45) is 0 Å². The molecule has 0 saturated carbocycles. The molecule has 0 bridgehead atoms. The van der Waals surface area contributed by atoms with Crippen LogP contribution in [0.15, 0.2) is 35.2 Å². The van der Waals surface area contributed by atoms with E-state index in [1.807, 2.05) is 30.4 Å². The molecule has 0 radical (unpaired) electrons. The fraction of sp³-hybridized carbons (Fsp3) is 0.400. The average molecular weight is 399 g/mol. The van der Waals surface area contributed by atoms with Gasteiger partial charge in [-0.1, -0.05) is 0 Å². The topological polar surface area (TPSA) is 41.4 Å². The SMILES string of the molecule is Cc1nc(CN2C(=O)c3cccn3[C@H]3CN(Cc4sccc4C)C[C@H]32)cs1. The molecular formula is C20H22N4OS2. The molecule has 0 unspecified atom stereocenters. The first kappa shape index (κ1) is 17.2. The summed E-state index contributed by atoms with van der Waals surface area (Å²) in [5.41, 5.74) is 3.16. The van der Waals surface area contributed by atoms with Crippen LogP contribution in [0.5, 0.6) is 0 Å². The maximum absolute atomic E-state index is 13.2. The molecule has 1 fully saturated rings. The van der Waals surface area contributed by atoms with Crippen molar-refractivity contribution in [1.82, 2.24) is 19.4 Å². The Hall–Kier alpha value is -1.96. The third-order valence-electron chi connectivity index (χ3n) is 5.69. The van der Waals surface area contributed by atoms with Crippen molar-refractivity contribution in [2.75, 3.05) is 13.1 Å². The van der Waals surface area contributed by atoms with E-state index in [-0.39, 0.29) is 11.9 Å². The van der Waals surface area contributed by atoms with E-state index < -0.39 is 0 Å². The van der Waals surface area contributed by atoms with Gasteiger partial charge >= 0.3 is 0 Å². The molecular weight excluding hydrogens is 376 g/mol. The number of hydrogen-bond donors (Lipinski definition) is 0. The molecule has 3 aromatic rings. The second-order valence-corrected chi connectivity index (χ2v) is 9.51. The first-order valence-electron chi connectivity index (χ1n) is 9.24. The van der Waals surface area contributed by atoms with Gasteiger partial charge in [0.05, 0.1) is 29.3 Å². The van der Waals surface area contributed by atoms with Gasteiger partial charge in [-0.15, -0.1) is 22.7 Å². The summed E-state index contributed by atoms with van der Waals surface area (Å²) < 4.78 is 2.19. The molecule has 5 heterocycles. The Morgan fingerprint density at radius 1 is 1.15 bits per heavy atom. The predicted molar refractivity (Wildman–Crippen MR) is 108 cm³/mol. The van der Waals surface area contributed by atoms with Crippen molar-refractivity contribution in [3.63, 3.8) is 0 Å². The second-order valence-electron chi connectivity index (χ2n) is 7.45. The van der Waals surface area contributed by atoms with E-state index in [2.05, 4.69) is 49.3 Å². The minimum Gasteiger partial charge on any atom is -0.337 e. The van der Waals surface area contributed by atoms with E-state index in [4.69, 9.17) is 0 Å². The zero-order valence-corrected chi connectivity index (χ0v) is 17.1. The summed E-state index contributed by atoms with van der Waals surface area (Å²) in [6.07, 6.45) is 2.06. The maximum atomic E-state index is 13.2. The van der Waals surface area contributed by atoms with Crippen molar-refractivity contribution in [3.8, 4) is 0 Å². The number of thiophene rings is 1. The number of amides is 1. The second kappa shape index (κ2) is 6.58. The molecule has 5 nitrogen and oxygen atoms in total. The van der Waals surface area contributed by atoms with E-state index in [0.717, 1.165) is 36.0 Å². The van der Waals surface area contributed by atoms with E-state index >= 15 is 0 Å². The highest BCUT2D eigenvalue weighted by Gasteiger charge is 2.45. The molecule has 5 rings (SSSR count). The van der Waals surface area contributed by atoms with Crippen LogP contribution in [0, 0.1) is 13.8 Å². The largest absolute Gasteiger partial charge is 0.337 e. The van der Waals surface area contributed by atoms with Gasteiger partial charge in [0.2, 0.25) is 0 Å². The number of nitrogens with zero attached hydrogens (tertiary/aromatic N) is 4. The van der Waals surface area contributed by atoms with Crippen molar-refractivity contribution >= 4 is 28.6 Å². The van der Waals surface area contributed by atoms with Crippen molar-refractivity contribution in [3.05, 3.63) is 62.0 Å². The van der Waals surface area contributed by atoms with Crippen LogP contribution in [0.2, 0.25) is 0 Å². The summed E-state index contributed by atoms with van der Waals surface area (Å²) in [5.74, 6) is 0.126. The van der Waals surface area contributed by atoms with Crippen LogP contribution in [0.3, 0.4) is 0 Å². The number of carbonyl (C=O) groups is 1. The van der Waals surface area contributed by atoms with Crippen LogP contribution in [-0.4, -0.2) is 44.4 Å². The summed E-state index contributed by atoms with van der Waals surface area (Å²) in [6, 6.07) is 6.64. The standard InChI is InChI=1S/C20H22N4OS2/c1-13-5-7-26-19(13)11-22-9-17-18(10-22)24(8-15-12-27-14(2)21-15)20(25)16-4-3-6-23(16)17/h3-7,12,17-18H,8-11H2,1-2H3/t17-,18+/m0/s1. The van der Waals surface area contributed by atoms with Crippen LogP contribution >= 0.6 is 22.7 Å². The van der Waals surface area contributed by atoms with Gasteiger partial charge < -0.3 is 9.47 Å². The molecule has 0 spiro atoms. The van der Waals surface area contributed by atoms with Crippen LogP contribution in [0.1, 0.15) is 37.7 Å². The summed E-state index contributed by atoms with van der Waals surface area (Å²) >= 11 is 3.47. The fourth-order valence-corrected chi connectivity index (χ4v) is 5.88. The molecule has 2 aliphatic rings. The average Bonchev–Trinajstić information content (AvgIpc) is 3.40. The number of hydrogen-bond acceptors (Lipinski definition) is 5. The molecule has 7 heteroatoms. The third kappa shape index (κ3) is 2.94. The molecule has 0 aromatic carbocycles. The number of carbonyl (C=O) groups excluding carboxylic acids is 1. The van der Waals surface area contributed by atoms with Crippen molar-refractivity contribution < 1.29 is 4.79 Å². The van der Waals surface area contributed by atoms with Crippen molar-refractivity contribution in [2.45, 2.75) is 39.0 Å². The van der Waals surface area contributed by atoms with Gasteiger partial charge in [0.25, 0.3) is 5.91 Å². The monoisotopic (exact) mass is 398 g/mol. The highest BCUT2D eigenvalue weighted by Crippen LogP contribution is 2.35. The van der Waals surface area contributed by atoms with Gasteiger partial charge in [0, 0.05) is 36.1 Å². The summed E-state index contributed by atoms with van der Waals surface area (Å²) in [7, 11) is 0. The summed E-state index contributed by atoms with van der Waals surface area (Å²) in [4.78, 5) is 23.7. The molecule has 3 aromatic heterocycles. The Kier molecular flexibility index (Phi) is 4.18. The third-order valence-corrected chi connectivity index (χ3v) is 7.52. The molecule has 2 aliphatic heterocycles. The molecule has 2 atom stereocenters. The zero-order chi connectivity index (χ0) is 18.5. The molecule has 0 aliphatic carbocycles. The van der Waals surface area contributed by atoms with Crippen LogP contribution in [-0.2, 0) is 13.1 Å². The lowest BCUT2D eigenvalue weighted by atomic mass is 10.1. The minimum atomic E-state index is 0.126. The van der Waals surface area contributed by atoms with Gasteiger partial charge in [-0.2, -0.15) is 0 Å². The van der Waals surface area contributed by atoms with E-state index in [1.165, 1.54) is 10.4 Å². The summed E-state index contributed by atoms with van der Waals surface area (Å²) in [5, 5.41) is 5.29. The normalized spacial score (nSPS) is 22.3. The Bertz CT molecular complexity index is 988. The highest BCUT2D eigenvalue weighted by molar-refractivity contribution is 7.10. The molecule has 0 N–H and O–H groups in total. The predicted octanol–water partition coefficient (Wildman–Crippen LogP) is 3.70. The Labute approximate surface area is 166 Å². The molecule has 140 valence electrons. The number of rotatable bonds is 4. The van der Waals surface area contributed by atoms with E-state index in [1.54, 1.807) is 11.3 Å². The first-order valence-corrected chi connectivity index (χ1v) is 11.0. The van der Waals surface area contributed by atoms with Crippen molar-refractivity contribution in [1.29, 1.82) is 0 Å². The lowest BCUT2D eigenvalue weighted by Crippen LogP contribution is -2.49. The van der Waals surface area contributed by atoms with Gasteiger partial charge in [-0.05, 0) is 43.0 Å². The number of likely N-dealkylation sites (tertiary alicyclic amines) is 1. The van der Waals surface area contributed by atoms with Crippen LogP contribution in [0.25, 0.3) is 0 Å². The van der Waals surface area contributed by atoms with Crippen LogP contribution in [0.4, 0.5) is 0 Å². The number of thiazole rings is 1. The van der Waals surface area contributed by atoms with Gasteiger partial charge in [-0.25, -0.2) is 4.98 Å². The Morgan fingerprint density at radius 3 is 2.74 bits per heavy atom. The fourth-order valence-electron chi connectivity index (χ4n) is 4.33. The highest BCUT2D eigenvalue weighted by atomic mass is 32.1. The molecule has 1 amide bonds. The number of fused-ring (bicyclic) bond motifs is 3. The Morgan fingerprint density at radius 2 is 2.00 bits per heavy atom. The number of aryl methyl sites for hydroxylation is 2. The lowest BCUT2D eigenvalue weighted by Gasteiger charge is -2.38. The lowest BCUT2D eigenvalue weighted by molar-refractivity contribution is 0.0554. The quantitative estimate of drug-likeness (QED) is 0.673. The number of aromatic nitrogens is 2. The Balaban J connectivity index is 1.44. The van der Waals surface area contributed by atoms with E-state index in [0.29, 0.717) is 12.6 Å². The molecule has 27 heavy (non-hydrogen) atoms. The van der Waals surface area contributed by atoms with E-state index in [9.17, 15) is 4.79 Å². The van der Waals surface area contributed by atoms with Gasteiger partial charge in [-0.3, -0.25) is 9.69 Å². The van der Waals surface area contributed by atoms with Gasteiger partial charge in [0.15, 0.2) is 0 Å². The van der Waals surface area contributed by atoms with Gasteiger partial charge in [0.1, 0.15) is 5.69 Å². The zero-order valence-electron chi connectivity index (χ0n) is 15.5. The first-order chi connectivity index (χ1) is 13.1. The van der Waals surface area contributed by atoms with Crippen LogP contribution < -0.4 is 0 Å². The smallest absolute Gasteiger partial charge is 0.271 e. The molecule has 1 saturated heterocycles. The minimum absolute atomic E-state index is 0.126. The maximum Gasteiger partial charge on any atom is 0.271 e.